The fourth-order valence-electron chi connectivity index (χ4n) is 2.94. The zero-order chi connectivity index (χ0) is 17.8. The number of aromatic nitrogens is 5. The van der Waals surface area contributed by atoms with Gasteiger partial charge in [-0.2, -0.15) is 0 Å². The molecule has 6 heteroatoms. The first-order valence-electron chi connectivity index (χ1n) is 8.68. The second-order valence-corrected chi connectivity index (χ2v) is 6.18. The molecule has 0 aliphatic heterocycles. The van der Waals surface area contributed by atoms with E-state index in [1.807, 2.05) is 43.8 Å². The summed E-state index contributed by atoms with van der Waals surface area (Å²) in [5.74, 6) is 1.61. The van der Waals surface area contributed by atoms with Crippen molar-refractivity contribution in [3.63, 3.8) is 0 Å². The van der Waals surface area contributed by atoms with Crippen LogP contribution >= 0.6 is 0 Å². The number of hydrogen-bond donors (Lipinski definition) is 1. The molecular weight excluding hydrogens is 324 g/mol. The van der Waals surface area contributed by atoms with Crippen LogP contribution < -0.4 is 5.32 Å². The molecule has 0 fully saturated rings. The van der Waals surface area contributed by atoms with Gasteiger partial charge in [0.1, 0.15) is 11.6 Å². The van der Waals surface area contributed by atoms with E-state index in [1.54, 1.807) is 6.20 Å². The first-order chi connectivity index (χ1) is 12.8. The van der Waals surface area contributed by atoms with E-state index in [-0.39, 0.29) is 0 Å². The quantitative estimate of drug-likeness (QED) is 0.540. The minimum Gasteiger partial charge on any atom is -0.370 e. The van der Waals surface area contributed by atoms with Gasteiger partial charge in [-0.25, -0.2) is 15.0 Å². The normalized spacial score (nSPS) is 11.0. The molecule has 0 unspecified atom stereocenters. The smallest absolute Gasteiger partial charge is 0.130 e. The Morgan fingerprint density at radius 2 is 2.04 bits per heavy atom. The van der Waals surface area contributed by atoms with Gasteiger partial charge in [0.2, 0.25) is 0 Å². The van der Waals surface area contributed by atoms with Crippen LogP contribution in [0.4, 0.5) is 5.82 Å². The van der Waals surface area contributed by atoms with Crippen LogP contribution in [0.5, 0.6) is 0 Å². The Hall–Kier alpha value is -3.28. The van der Waals surface area contributed by atoms with Crippen molar-refractivity contribution >= 4 is 16.7 Å². The SMILES string of the molecule is Cc1nc(NCCCn2ccnc2)cc(-c2ccc3ncccc3c2)n1. The van der Waals surface area contributed by atoms with Crippen molar-refractivity contribution in [3.05, 3.63) is 67.1 Å². The zero-order valence-corrected chi connectivity index (χ0v) is 14.6. The van der Waals surface area contributed by atoms with Crippen molar-refractivity contribution in [2.75, 3.05) is 11.9 Å². The standard InChI is InChI=1S/C20H20N6/c1-15-24-19(17-5-6-18-16(12-17)4-2-7-22-18)13-20(25-15)23-8-3-10-26-11-9-21-14-26/h2,4-7,9,11-14H,3,8,10H2,1H3,(H,23,24,25). The summed E-state index contributed by atoms with van der Waals surface area (Å²) in [6.07, 6.45) is 8.41. The Balaban J connectivity index is 1.49. The van der Waals surface area contributed by atoms with Crippen LogP contribution in [0.1, 0.15) is 12.2 Å². The molecule has 0 atom stereocenters. The highest BCUT2D eigenvalue weighted by molar-refractivity contribution is 5.83. The molecule has 0 saturated carbocycles. The number of imidazole rings is 1. The highest BCUT2D eigenvalue weighted by Crippen LogP contribution is 2.23. The van der Waals surface area contributed by atoms with E-state index >= 15 is 0 Å². The van der Waals surface area contributed by atoms with E-state index in [0.29, 0.717) is 0 Å². The Morgan fingerprint density at radius 1 is 1.08 bits per heavy atom. The van der Waals surface area contributed by atoms with E-state index in [1.165, 1.54) is 0 Å². The third kappa shape index (κ3) is 3.69. The molecule has 130 valence electrons. The van der Waals surface area contributed by atoms with E-state index < -0.39 is 0 Å². The van der Waals surface area contributed by atoms with Crippen LogP contribution in [-0.4, -0.2) is 31.0 Å². The largest absolute Gasteiger partial charge is 0.370 e. The van der Waals surface area contributed by atoms with Crippen molar-refractivity contribution in [2.24, 2.45) is 0 Å². The van der Waals surface area contributed by atoms with Gasteiger partial charge in [-0.05, 0) is 31.5 Å². The molecule has 4 rings (SSSR count). The average Bonchev–Trinajstić information content (AvgIpc) is 3.18. The third-order valence-corrected chi connectivity index (χ3v) is 4.20. The second kappa shape index (κ2) is 7.31. The Bertz CT molecular complexity index is 1010. The fraction of sp³-hybridized carbons (Fsp3) is 0.200. The molecule has 3 aromatic heterocycles. The van der Waals surface area contributed by atoms with Gasteiger partial charge in [-0.15, -0.1) is 0 Å². The number of anilines is 1. The molecule has 0 saturated heterocycles. The van der Waals surface area contributed by atoms with E-state index in [9.17, 15) is 0 Å². The van der Waals surface area contributed by atoms with Gasteiger partial charge in [0.05, 0.1) is 17.5 Å². The lowest BCUT2D eigenvalue weighted by Crippen LogP contribution is -2.08. The van der Waals surface area contributed by atoms with E-state index in [0.717, 1.165) is 53.3 Å². The van der Waals surface area contributed by atoms with Gasteiger partial charge in [0, 0.05) is 48.7 Å². The van der Waals surface area contributed by atoms with Crippen LogP contribution in [0.3, 0.4) is 0 Å². The summed E-state index contributed by atoms with van der Waals surface area (Å²) in [5.41, 5.74) is 2.97. The van der Waals surface area contributed by atoms with Gasteiger partial charge in [-0.3, -0.25) is 4.98 Å². The number of benzene rings is 1. The predicted octanol–water partition coefficient (Wildman–Crippen LogP) is 3.70. The minimum absolute atomic E-state index is 0.755. The summed E-state index contributed by atoms with van der Waals surface area (Å²) in [4.78, 5) is 17.5. The lowest BCUT2D eigenvalue weighted by atomic mass is 10.1. The fourth-order valence-corrected chi connectivity index (χ4v) is 2.94. The maximum absolute atomic E-state index is 4.60. The zero-order valence-electron chi connectivity index (χ0n) is 14.6. The lowest BCUT2D eigenvalue weighted by molar-refractivity contribution is 0.660. The molecule has 1 aromatic carbocycles. The molecule has 0 aliphatic carbocycles. The van der Waals surface area contributed by atoms with Gasteiger partial charge in [0.15, 0.2) is 0 Å². The number of rotatable bonds is 6. The summed E-state index contributed by atoms with van der Waals surface area (Å²) in [6, 6.07) is 12.2. The molecular formula is C20H20N6. The highest BCUT2D eigenvalue weighted by atomic mass is 15.0. The van der Waals surface area contributed by atoms with Gasteiger partial charge in [0.25, 0.3) is 0 Å². The predicted molar refractivity (Wildman–Crippen MR) is 103 cm³/mol. The Morgan fingerprint density at radius 3 is 2.92 bits per heavy atom. The van der Waals surface area contributed by atoms with Crippen molar-refractivity contribution in [1.29, 1.82) is 0 Å². The molecule has 4 aromatic rings. The molecule has 1 N–H and O–H groups in total. The average molecular weight is 344 g/mol. The number of hydrogen-bond acceptors (Lipinski definition) is 5. The summed E-state index contributed by atoms with van der Waals surface area (Å²) < 4.78 is 2.07. The topological polar surface area (TPSA) is 68.5 Å². The van der Waals surface area contributed by atoms with Gasteiger partial charge in [-0.1, -0.05) is 12.1 Å². The number of aryl methyl sites for hydroxylation is 2. The Labute approximate surface area is 152 Å². The lowest BCUT2D eigenvalue weighted by Gasteiger charge is -2.09. The molecule has 0 bridgehead atoms. The minimum atomic E-state index is 0.755. The third-order valence-electron chi connectivity index (χ3n) is 4.20. The first-order valence-corrected chi connectivity index (χ1v) is 8.68. The molecule has 6 nitrogen and oxygen atoms in total. The molecule has 0 spiro atoms. The summed E-state index contributed by atoms with van der Waals surface area (Å²) in [5, 5.41) is 4.51. The van der Waals surface area contributed by atoms with Crippen LogP contribution in [0, 0.1) is 6.92 Å². The van der Waals surface area contributed by atoms with Crippen molar-refractivity contribution < 1.29 is 0 Å². The van der Waals surface area contributed by atoms with E-state index in [2.05, 4.69) is 48.0 Å². The van der Waals surface area contributed by atoms with Gasteiger partial charge < -0.3 is 9.88 Å². The van der Waals surface area contributed by atoms with Crippen molar-refractivity contribution in [2.45, 2.75) is 19.9 Å². The Kier molecular flexibility index (Phi) is 4.55. The summed E-state index contributed by atoms with van der Waals surface area (Å²) in [7, 11) is 0. The molecule has 0 radical (unpaired) electrons. The molecule has 3 heterocycles. The van der Waals surface area contributed by atoms with Gasteiger partial charge >= 0.3 is 0 Å². The number of pyridine rings is 1. The number of nitrogens with zero attached hydrogens (tertiary/aromatic N) is 5. The maximum Gasteiger partial charge on any atom is 0.130 e. The van der Waals surface area contributed by atoms with Crippen molar-refractivity contribution in [1.82, 2.24) is 24.5 Å². The van der Waals surface area contributed by atoms with Crippen molar-refractivity contribution in [3.8, 4) is 11.3 Å². The molecule has 0 amide bonds. The maximum atomic E-state index is 4.60. The first kappa shape index (κ1) is 16.2. The van der Waals surface area contributed by atoms with Crippen LogP contribution in [0.2, 0.25) is 0 Å². The van der Waals surface area contributed by atoms with Crippen LogP contribution in [0.25, 0.3) is 22.2 Å². The number of fused-ring (bicyclic) bond motifs is 1. The number of nitrogens with one attached hydrogen (secondary N) is 1. The van der Waals surface area contributed by atoms with Crippen LogP contribution in [0.15, 0.2) is 61.3 Å². The summed E-state index contributed by atoms with van der Waals surface area (Å²) >= 11 is 0. The highest BCUT2D eigenvalue weighted by Gasteiger charge is 2.06. The summed E-state index contributed by atoms with van der Waals surface area (Å²) in [6.45, 7) is 3.69. The second-order valence-electron chi connectivity index (χ2n) is 6.18. The molecule has 26 heavy (non-hydrogen) atoms. The monoisotopic (exact) mass is 344 g/mol. The van der Waals surface area contributed by atoms with Crippen LogP contribution in [-0.2, 0) is 6.54 Å². The van der Waals surface area contributed by atoms with E-state index in [4.69, 9.17) is 0 Å². The molecule has 0 aliphatic rings.